The molecule has 2 heterocycles. The molecule has 2 aromatic heterocycles. The molecule has 7 heteroatoms. The van der Waals surface area contributed by atoms with Gasteiger partial charge in [0.05, 0.1) is 5.51 Å². The predicted octanol–water partition coefficient (Wildman–Crippen LogP) is 0.0897. The van der Waals surface area contributed by atoms with Crippen LogP contribution in [0.25, 0.3) is 10.3 Å². The minimum atomic E-state index is -0.358. The molecule has 0 aromatic carbocycles. The van der Waals surface area contributed by atoms with E-state index in [0.29, 0.717) is 15.2 Å². The zero-order valence-corrected chi connectivity index (χ0v) is 7.50. The topological polar surface area (TPSA) is 80.0 Å². The number of nitrogens with one attached hydrogen (secondary N) is 1. The van der Waals surface area contributed by atoms with E-state index in [4.69, 9.17) is 0 Å². The van der Waals surface area contributed by atoms with Crippen molar-refractivity contribution >= 4 is 27.6 Å². The third kappa shape index (κ3) is 1.04. The van der Waals surface area contributed by atoms with E-state index in [1.54, 1.807) is 5.51 Å². The van der Waals surface area contributed by atoms with Gasteiger partial charge in [-0.1, -0.05) is 16.2 Å². The fraction of sp³-hybridized carbons (Fsp3) is 0.167. The molecule has 0 aliphatic carbocycles. The van der Waals surface area contributed by atoms with E-state index in [0.717, 1.165) is 0 Å². The fourth-order valence-corrected chi connectivity index (χ4v) is 1.66. The van der Waals surface area contributed by atoms with Gasteiger partial charge in [0.2, 0.25) is 0 Å². The number of carbonyl (C=O) groups is 1. The minimum Gasteiger partial charge on any atom is -0.411 e. The molecule has 13 heavy (non-hydrogen) atoms. The molecule has 0 fully saturated rings. The molecule has 2 rings (SSSR count). The summed E-state index contributed by atoms with van der Waals surface area (Å²) < 4.78 is 0. The molecule has 1 amide bonds. The quantitative estimate of drug-likeness (QED) is 0.636. The summed E-state index contributed by atoms with van der Waals surface area (Å²) in [5, 5.41) is 15.3. The SMILES string of the molecule is CNC(=O)c1nn(O)c2scnc12. The van der Waals surface area contributed by atoms with Crippen molar-refractivity contribution in [2.24, 2.45) is 0 Å². The van der Waals surface area contributed by atoms with E-state index in [9.17, 15) is 10.0 Å². The lowest BCUT2D eigenvalue weighted by Crippen LogP contribution is -2.19. The van der Waals surface area contributed by atoms with Crippen LogP contribution in [0.15, 0.2) is 5.51 Å². The maximum absolute atomic E-state index is 11.2. The van der Waals surface area contributed by atoms with E-state index in [1.807, 2.05) is 0 Å². The van der Waals surface area contributed by atoms with Crippen LogP contribution in [0.2, 0.25) is 0 Å². The summed E-state index contributed by atoms with van der Waals surface area (Å²) in [6.45, 7) is 0. The zero-order valence-electron chi connectivity index (χ0n) is 6.68. The highest BCUT2D eigenvalue weighted by molar-refractivity contribution is 7.16. The molecular formula is C6H6N4O2S. The van der Waals surface area contributed by atoms with Crippen LogP contribution in [0, 0.1) is 0 Å². The number of fused-ring (bicyclic) bond motifs is 1. The van der Waals surface area contributed by atoms with Crippen LogP contribution in [0.1, 0.15) is 10.5 Å². The van der Waals surface area contributed by atoms with E-state index >= 15 is 0 Å². The molecule has 2 aromatic rings. The summed E-state index contributed by atoms with van der Waals surface area (Å²) in [7, 11) is 1.50. The second-order valence-electron chi connectivity index (χ2n) is 2.32. The summed E-state index contributed by atoms with van der Waals surface area (Å²) in [6.07, 6.45) is 0. The van der Waals surface area contributed by atoms with E-state index in [2.05, 4.69) is 15.4 Å². The van der Waals surface area contributed by atoms with Gasteiger partial charge >= 0.3 is 0 Å². The Labute approximate surface area is 76.8 Å². The average molecular weight is 198 g/mol. The number of amides is 1. The Hall–Kier alpha value is -1.63. The molecule has 0 saturated heterocycles. The maximum atomic E-state index is 11.2. The normalized spacial score (nSPS) is 10.5. The molecule has 0 radical (unpaired) electrons. The Morgan fingerprint density at radius 2 is 2.54 bits per heavy atom. The van der Waals surface area contributed by atoms with Gasteiger partial charge < -0.3 is 10.5 Å². The van der Waals surface area contributed by atoms with Gasteiger partial charge in [-0.25, -0.2) is 4.98 Å². The largest absolute Gasteiger partial charge is 0.411 e. The Morgan fingerprint density at radius 3 is 3.23 bits per heavy atom. The third-order valence-corrected chi connectivity index (χ3v) is 2.38. The second-order valence-corrected chi connectivity index (χ2v) is 3.16. The lowest BCUT2D eigenvalue weighted by molar-refractivity contribution is 0.0947. The molecule has 0 spiro atoms. The number of hydrogen-bond acceptors (Lipinski definition) is 5. The number of aromatic nitrogens is 3. The number of carbonyl (C=O) groups excluding carboxylic acids is 1. The van der Waals surface area contributed by atoms with Gasteiger partial charge in [-0.05, 0) is 0 Å². The van der Waals surface area contributed by atoms with Crippen LogP contribution in [-0.4, -0.2) is 33.1 Å². The number of rotatable bonds is 1. The highest BCUT2D eigenvalue weighted by Gasteiger charge is 2.17. The third-order valence-electron chi connectivity index (χ3n) is 1.59. The Balaban J connectivity index is 2.68. The second kappa shape index (κ2) is 2.70. The highest BCUT2D eigenvalue weighted by Crippen LogP contribution is 2.19. The summed E-state index contributed by atoms with van der Waals surface area (Å²) in [4.78, 5) is 16.3. The van der Waals surface area contributed by atoms with Gasteiger partial charge in [-0.3, -0.25) is 4.79 Å². The summed E-state index contributed by atoms with van der Waals surface area (Å²) in [6, 6.07) is 0. The van der Waals surface area contributed by atoms with E-state index in [-0.39, 0.29) is 11.6 Å². The lowest BCUT2D eigenvalue weighted by atomic mass is 10.4. The molecule has 0 aliphatic heterocycles. The molecule has 68 valence electrons. The van der Waals surface area contributed by atoms with Gasteiger partial charge in [0.15, 0.2) is 10.5 Å². The van der Waals surface area contributed by atoms with Crippen molar-refractivity contribution in [1.29, 1.82) is 0 Å². The van der Waals surface area contributed by atoms with Crippen molar-refractivity contribution in [3.63, 3.8) is 0 Å². The lowest BCUT2D eigenvalue weighted by Gasteiger charge is -1.91. The number of thiazole rings is 1. The van der Waals surface area contributed by atoms with Crippen molar-refractivity contribution < 1.29 is 10.0 Å². The minimum absolute atomic E-state index is 0.140. The fourth-order valence-electron chi connectivity index (χ4n) is 1.00. The van der Waals surface area contributed by atoms with Gasteiger partial charge in [0.1, 0.15) is 5.52 Å². The van der Waals surface area contributed by atoms with Crippen molar-refractivity contribution in [3.05, 3.63) is 11.2 Å². The van der Waals surface area contributed by atoms with Crippen LogP contribution >= 0.6 is 11.3 Å². The molecule has 0 saturated carbocycles. The van der Waals surface area contributed by atoms with Crippen molar-refractivity contribution in [2.75, 3.05) is 7.05 Å². The van der Waals surface area contributed by atoms with Crippen molar-refractivity contribution in [2.45, 2.75) is 0 Å². The molecule has 0 unspecified atom stereocenters. The maximum Gasteiger partial charge on any atom is 0.273 e. The molecule has 0 atom stereocenters. The number of nitrogens with zero attached hydrogens (tertiary/aromatic N) is 3. The van der Waals surface area contributed by atoms with Crippen LogP contribution in [0.3, 0.4) is 0 Å². The highest BCUT2D eigenvalue weighted by atomic mass is 32.1. The van der Waals surface area contributed by atoms with Crippen LogP contribution in [-0.2, 0) is 0 Å². The monoisotopic (exact) mass is 198 g/mol. The van der Waals surface area contributed by atoms with E-state index < -0.39 is 0 Å². The summed E-state index contributed by atoms with van der Waals surface area (Å²) >= 11 is 1.22. The first kappa shape index (κ1) is 7.99. The van der Waals surface area contributed by atoms with Gasteiger partial charge in [-0.2, -0.15) is 0 Å². The first-order valence-corrected chi connectivity index (χ1v) is 4.35. The first-order chi connectivity index (χ1) is 6.24. The molecular weight excluding hydrogens is 192 g/mol. The molecule has 0 bridgehead atoms. The molecule has 2 N–H and O–H groups in total. The Kier molecular flexibility index (Phi) is 1.66. The summed E-state index contributed by atoms with van der Waals surface area (Å²) in [5.74, 6) is -0.358. The van der Waals surface area contributed by atoms with Crippen LogP contribution in [0.5, 0.6) is 0 Å². The Bertz CT molecular complexity index is 460. The first-order valence-electron chi connectivity index (χ1n) is 3.47. The predicted molar refractivity (Wildman–Crippen MR) is 46.0 cm³/mol. The Morgan fingerprint density at radius 1 is 1.77 bits per heavy atom. The van der Waals surface area contributed by atoms with Crippen LogP contribution < -0.4 is 5.32 Å². The number of hydrogen-bond donors (Lipinski definition) is 2. The molecule has 0 aliphatic rings. The van der Waals surface area contributed by atoms with Crippen molar-refractivity contribution in [3.8, 4) is 0 Å². The average Bonchev–Trinajstić information content (AvgIpc) is 2.68. The molecule has 6 nitrogen and oxygen atoms in total. The van der Waals surface area contributed by atoms with E-state index in [1.165, 1.54) is 18.4 Å². The van der Waals surface area contributed by atoms with Crippen LogP contribution in [0.4, 0.5) is 0 Å². The standard InChI is InChI=1S/C6H6N4O2S/c1-7-5(11)3-4-6(10(12)9-3)13-2-8-4/h2,12H,1H3,(H,7,11). The smallest absolute Gasteiger partial charge is 0.273 e. The van der Waals surface area contributed by atoms with Crippen molar-refractivity contribution in [1.82, 2.24) is 20.2 Å². The van der Waals surface area contributed by atoms with Gasteiger partial charge in [0, 0.05) is 7.05 Å². The van der Waals surface area contributed by atoms with Gasteiger partial charge in [0.25, 0.3) is 5.91 Å². The van der Waals surface area contributed by atoms with Gasteiger partial charge in [-0.15, -0.1) is 5.10 Å². The zero-order chi connectivity index (χ0) is 9.42. The summed E-state index contributed by atoms with van der Waals surface area (Å²) in [5.41, 5.74) is 2.11.